The van der Waals surface area contributed by atoms with Gasteiger partial charge < -0.3 is 5.11 Å². The van der Waals surface area contributed by atoms with Crippen LogP contribution in [0.15, 0.2) is 22.7 Å². The van der Waals surface area contributed by atoms with Gasteiger partial charge in [-0.2, -0.15) is 0 Å². The van der Waals surface area contributed by atoms with Crippen LogP contribution in [0.1, 0.15) is 23.2 Å². The zero-order valence-electron chi connectivity index (χ0n) is 9.47. The van der Waals surface area contributed by atoms with Gasteiger partial charge in [-0.05, 0) is 47.0 Å². The van der Waals surface area contributed by atoms with Gasteiger partial charge in [0.15, 0.2) is 0 Å². The van der Waals surface area contributed by atoms with Crippen LogP contribution in [0.25, 0.3) is 0 Å². The Labute approximate surface area is 114 Å². The Morgan fingerprint density at radius 2 is 2.06 bits per heavy atom. The molecule has 0 unspecified atom stereocenters. The number of carboxylic acids is 1. The minimum Gasteiger partial charge on any atom is -0.478 e. The van der Waals surface area contributed by atoms with Crippen LogP contribution in [0, 0.1) is 0 Å². The fraction of sp³-hybridized carbons (Fsp3) is 0.364. The van der Waals surface area contributed by atoms with Crippen molar-refractivity contribution in [3.8, 4) is 0 Å². The van der Waals surface area contributed by atoms with Gasteiger partial charge in [-0.25, -0.2) is 13.2 Å². The van der Waals surface area contributed by atoms with Crippen molar-refractivity contribution in [3.05, 3.63) is 28.2 Å². The molecule has 1 aliphatic rings. The summed E-state index contributed by atoms with van der Waals surface area (Å²) in [7, 11) is -3.33. The molecule has 18 heavy (non-hydrogen) atoms. The van der Waals surface area contributed by atoms with Gasteiger partial charge in [0, 0.05) is 11.0 Å². The van der Waals surface area contributed by atoms with E-state index in [0.29, 0.717) is 23.1 Å². The van der Waals surface area contributed by atoms with Crippen LogP contribution >= 0.6 is 15.9 Å². The maximum Gasteiger partial charge on any atom is 0.335 e. The summed E-state index contributed by atoms with van der Waals surface area (Å²) >= 11 is 3.27. The maximum absolute atomic E-state index is 12.0. The Kier molecular flexibility index (Phi) is 3.63. The normalized spacial score (nSPS) is 18.6. The lowest BCUT2D eigenvalue weighted by Crippen LogP contribution is -2.38. The van der Waals surface area contributed by atoms with E-state index in [0.717, 1.165) is 6.42 Å². The molecule has 1 aliphatic heterocycles. The van der Waals surface area contributed by atoms with E-state index in [-0.39, 0.29) is 11.3 Å². The number of sulfonamides is 1. The topological polar surface area (TPSA) is 74.7 Å². The number of nitrogens with zero attached hydrogens (tertiary/aromatic N) is 1. The summed E-state index contributed by atoms with van der Waals surface area (Å²) in [6, 6.07) is 4.38. The maximum atomic E-state index is 12.0. The summed E-state index contributed by atoms with van der Waals surface area (Å²) in [5.74, 6) is -0.963. The highest BCUT2D eigenvalue weighted by atomic mass is 79.9. The molecule has 5 nitrogen and oxygen atoms in total. The summed E-state index contributed by atoms with van der Waals surface area (Å²) in [5, 5.41) is 8.95. The number of anilines is 1. The molecule has 98 valence electrons. The zero-order valence-corrected chi connectivity index (χ0v) is 11.9. The number of carbonyl (C=O) groups is 1. The highest BCUT2D eigenvalue weighted by Crippen LogP contribution is 2.31. The predicted octanol–water partition coefficient (Wildman–Crippen LogP) is 2.08. The van der Waals surface area contributed by atoms with Crippen molar-refractivity contribution in [2.24, 2.45) is 0 Å². The zero-order chi connectivity index (χ0) is 13.3. The van der Waals surface area contributed by atoms with Crippen molar-refractivity contribution >= 4 is 37.6 Å². The minimum absolute atomic E-state index is 0.0778. The minimum atomic E-state index is -3.33. The van der Waals surface area contributed by atoms with Crippen molar-refractivity contribution in [2.45, 2.75) is 12.8 Å². The van der Waals surface area contributed by atoms with Crippen molar-refractivity contribution in [2.75, 3.05) is 16.6 Å². The Morgan fingerprint density at radius 1 is 1.33 bits per heavy atom. The first-order valence-corrected chi connectivity index (χ1v) is 7.85. The lowest BCUT2D eigenvalue weighted by Gasteiger charge is -2.29. The van der Waals surface area contributed by atoms with Crippen LogP contribution in [0.5, 0.6) is 0 Å². The molecule has 1 aromatic rings. The smallest absolute Gasteiger partial charge is 0.335 e. The van der Waals surface area contributed by atoms with Crippen LogP contribution < -0.4 is 4.31 Å². The van der Waals surface area contributed by atoms with E-state index < -0.39 is 16.0 Å². The van der Waals surface area contributed by atoms with Crippen molar-refractivity contribution in [3.63, 3.8) is 0 Å². The summed E-state index contributed by atoms with van der Waals surface area (Å²) < 4.78 is 25.8. The predicted molar refractivity (Wildman–Crippen MR) is 71.5 cm³/mol. The first-order chi connectivity index (χ1) is 8.42. The Morgan fingerprint density at radius 3 is 2.67 bits per heavy atom. The number of hydrogen-bond donors (Lipinski definition) is 1. The number of carboxylic acid groups (broad SMARTS) is 1. The van der Waals surface area contributed by atoms with Gasteiger partial charge in [-0.3, -0.25) is 4.31 Å². The summed E-state index contributed by atoms with van der Waals surface area (Å²) in [6.45, 7) is 0.393. The largest absolute Gasteiger partial charge is 0.478 e. The van der Waals surface area contributed by atoms with Crippen LogP contribution in [0.3, 0.4) is 0 Å². The molecule has 0 spiro atoms. The van der Waals surface area contributed by atoms with Gasteiger partial charge in [0.1, 0.15) is 0 Å². The second-order valence-corrected chi connectivity index (χ2v) is 6.93. The molecule has 0 aliphatic carbocycles. The van der Waals surface area contributed by atoms with Crippen LogP contribution in [0.4, 0.5) is 5.69 Å². The van der Waals surface area contributed by atoms with E-state index in [2.05, 4.69) is 15.9 Å². The van der Waals surface area contributed by atoms with Gasteiger partial charge in [0.25, 0.3) is 0 Å². The summed E-state index contributed by atoms with van der Waals surface area (Å²) in [5.41, 5.74) is 0.476. The highest BCUT2D eigenvalue weighted by molar-refractivity contribution is 9.10. The number of hydrogen-bond acceptors (Lipinski definition) is 3. The van der Waals surface area contributed by atoms with E-state index >= 15 is 0 Å². The van der Waals surface area contributed by atoms with E-state index in [9.17, 15) is 13.2 Å². The van der Waals surface area contributed by atoms with Gasteiger partial charge in [0.05, 0.1) is 17.0 Å². The molecule has 1 aromatic carbocycles. The third kappa shape index (κ3) is 2.51. The van der Waals surface area contributed by atoms with E-state index in [1.54, 1.807) is 6.07 Å². The Balaban J connectivity index is 2.49. The molecule has 7 heteroatoms. The third-order valence-electron chi connectivity index (χ3n) is 2.81. The molecule has 1 fully saturated rings. The van der Waals surface area contributed by atoms with Crippen LogP contribution in [-0.4, -0.2) is 31.8 Å². The fourth-order valence-electron chi connectivity index (χ4n) is 1.90. The number of aromatic carboxylic acids is 1. The lowest BCUT2D eigenvalue weighted by molar-refractivity contribution is 0.0697. The molecule has 0 aromatic heterocycles. The number of benzene rings is 1. The average molecular weight is 334 g/mol. The third-order valence-corrected chi connectivity index (χ3v) is 5.34. The Bertz CT molecular complexity index is 585. The molecule has 2 rings (SSSR count). The van der Waals surface area contributed by atoms with Crippen LogP contribution in [-0.2, 0) is 10.0 Å². The standard InChI is InChI=1S/C11H12BrNO4S/c12-9-4-3-8(11(14)15)7-10(9)13-5-1-2-6-18(13,16)17/h3-4,7H,1-2,5-6H2,(H,14,15). The molecule has 0 saturated carbocycles. The second-order valence-electron chi connectivity index (χ2n) is 4.07. The van der Waals surface area contributed by atoms with Gasteiger partial charge >= 0.3 is 5.97 Å². The second kappa shape index (κ2) is 4.89. The molecule has 1 saturated heterocycles. The SMILES string of the molecule is O=C(O)c1ccc(Br)c(N2CCCCS2(=O)=O)c1. The number of rotatable bonds is 2. The van der Waals surface area contributed by atoms with Gasteiger partial charge in [0.2, 0.25) is 10.0 Å². The first-order valence-electron chi connectivity index (χ1n) is 5.45. The Hall–Kier alpha value is -1.08. The number of halogens is 1. The lowest BCUT2D eigenvalue weighted by atomic mass is 10.2. The van der Waals surface area contributed by atoms with Crippen molar-refractivity contribution in [1.29, 1.82) is 0 Å². The first kappa shape index (κ1) is 13.4. The quantitative estimate of drug-likeness (QED) is 0.899. The van der Waals surface area contributed by atoms with Gasteiger partial charge in [-0.15, -0.1) is 0 Å². The van der Waals surface area contributed by atoms with Crippen LogP contribution in [0.2, 0.25) is 0 Å². The van der Waals surface area contributed by atoms with E-state index in [1.165, 1.54) is 16.4 Å². The van der Waals surface area contributed by atoms with Crippen molar-refractivity contribution < 1.29 is 18.3 Å². The molecule has 0 bridgehead atoms. The van der Waals surface area contributed by atoms with Gasteiger partial charge in [-0.1, -0.05) is 0 Å². The molecule has 0 atom stereocenters. The fourth-order valence-corrected chi connectivity index (χ4v) is 4.12. The molecular weight excluding hydrogens is 322 g/mol. The highest BCUT2D eigenvalue weighted by Gasteiger charge is 2.27. The molecule has 0 amide bonds. The summed E-state index contributed by atoms with van der Waals surface area (Å²) in [6.07, 6.45) is 1.43. The monoisotopic (exact) mass is 333 g/mol. The molecule has 0 radical (unpaired) electrons. The summed E-state index contributed by atoms with van der Waals surface area (Å²) in [4.78, 5) is 10.9. The van der Waals surface area contributed by atoms with E-state index in [1.807, 2.05) is 0 Å². The van der Waals surface area contributed by atoms with E-state index in [4.69, 9.17) is 5.11 Å². The van der Waals surface area contributed by atoms with Crippen molar-refractivity contribution in [1.82, 2.24) is 0 Å². The molecular formula is C11H12BrNO4S. The molecule has 1 N–H and O–H groups in total. The molecule has 1 heterocycles. The average Bonchev–Trinajstić information content (AvgIpc) is 2.29.